The van der Waals surface area contributed by atoms with Gasteiger partial charge in [-0.25, -0.2) is 18.4 Å². The molecule has 33 heavy (non-hydrogen) atoms. The molecule has 170 valence electrons. The standard InChI is InChI=1S/C22H19Cl2N5O3S/c1-13-10-20(19(24)11-18(13)23)33(30,31)28-16-4-6-17(7-5-16)32-22-12-21(26-14(2)27-22)29-9-8-25-15(29)3/h4-12,28H,1-3H3. The van der Waals surface area contributed by atoms with Gasteiger partial charge in [0.05, 0.1) is 5.02 Å². The van der Waals surface area contributed by atoms with Crippen LogP contribution in [0.3, 0.4) is 0 Å². The number of hydrogen-bond acceptors (Lipinski definition) is 6. The summed E-state index contributed by atoms with van der Waals surface area (Å²) in [5.41, 5.74) is 0.954. The van der Waals surface area contributed by atoms with Gasteiger partial charge in [0.15, 0.2) is 0 Å². The van der Waals surface area contributed by atoms with Crippen molar-refractivity contribution in [2.24, 2.45) is 0 Å². The zero-order valence-corrected chi connectivity index (χ0v) is 20.2. The Hall–Kier alpha value is -3.14. The van der Waals surface area contributed by atoms with Gasteiger partial charge in [0, 0.05) is 29.2 Å². The fourth-order valence-electron chi connectivity index (χ4n) is 3.08. The van der Waals surface area contributed by atoms with Gasteiger partial charge >= 0.3 is 0 Å². The van der Waals surface area contributed by atoms with E-state index in [0.717, 1.165) is 5.82 Å². The largest absolute Gasteiger partial charge is 0.439 e. The van der Waals surface area contributed by atoms with E-state index in [1.54, 1.807) is 56.6 Å². The summed E-state index contributed by atoms with van der Waals surface area (Å²) in [4.78, 5) is 12.9. The molecule has 0 aliphatic rings. The summed E-state index contributed by atoms with van der Waals surface area (Å²) in [5.74, 6) is 2.78. The average molecular weight is 504 g/mol. The number of rotatable bonds is 6. The lowest BCUT2D eigenvalue weighted by Crippen LogP contribution is -2.13. The molecule has 0 saturated heterocycles. The number of aromatic nitrogens is 4. The molecule has 4 aromatic rings. The Bertz CT molecular complexity index is 1440. The second kappa shape index (κ2) is 9.01. The average Bonchev–Trinajstić information content (AvgIpc) is 3.17. The zero-order chi connectivity index (χ0) is 23.8. The van der Waals surface area contributed by atoms with E-state index in [2.05, 4.69) is 19.7 Å². The Labute approximate surface area is 201 Å². The molecule has 0 amide bonds. The number of nitrogens with one attached hydrogen (secondary N) is 1. The van der Waals surface area contributed by atoms with Gasteiger partial charge in [0.2, 0.25) is 5.88 Å². The van der Waals surface area contributed by atoms with Gasteiger partial charge < -0.3 is 4.74 Å². The van der Waals surface area contributed by atoms with E-state index in [9.17, 15) is 8.42 Å². The van der Waals surface area contributed by atoms with Crippen LogP contribution in [0.4, 0.5) is 5.69 Å². The molecule has 0 aliphatic heterocycles. The highest BCUT2D eigenvalue weighted by atomic mass is 35.5. The molecule has 0 fully saturated rings. The highest BCUT2D eigenvalue weighted by Crippen LogP contribution is 2.30. The van der Waals surface area contributed by atoms with Crippen LogP contribution < -0.4 is 9.46 Å². The van der Waals surface area contributed by atoms with E-state index in [1.165, 1.54) is 12.1 Å². The number of benzene rings is 2. The minimum atomic E-state index is -3.91. The van der Waals surface area contributed by atoms with E-state index < -0.39 is 10.0 Å². The lowest BCUT2D eigenvalue weighted by atomic mass is 10.2. The van der Waals surface area contributed by atoms with Crippen LogP contribution in [0.2, 0.25) is 10.0 Å². The summed E-state index contributed by atoms with van der Waals surface area (Å²) in [5, 5.41) is 0.438. The molecule has 2 heterocycles. The van der Waals surface area contributed by atoms with Crippen molar-refractivity contribution in [3.63, 3.8) is 0 Å². The van der Waals surface area contributed by atoms with E-state index in [0.29, 0.717) is 39.5 Å². The summed E-state index contributed by atoms with van der Waals surface area (Å²) in [7, 11) is -3.91. The topological polar surface area (TPSA) is 99.0 Å². The molecule has 2 aromatic carbocycles. The van der Waals surface area contributed by atoms with Crippen molar-refractivity contribution < 1.29 is 13.2 Å². The van der Waals surface area contributed by atoms with Gasteiger partial charge in [-0.3, -0.25) is 9.29 Å². The number of anilines is 1. The molecule has 0 spiro atoms. The third kappa shape index (κ3) is 5.11. The van der Waals surface area contributed by atoms with Crippen molar-refractivity contribution in [2.45, 2.75) is 25.7 Å². The number of nitrogens with zero attached hydrogens (tertiary/aromatic N) is 4. The molecule has 2 aromatic heterocycles. The molecule has 0 aliphatic carbocycles. The predicted molar refractivity (Wildman–Crippen MR) is 127 cm³/mol. The van der Waals surface area contributed by atoms with Crippen molar-refractivity contribution >= 4 is 38.9 Å². The predicted octanol–water partition coefficient (Wildman–Crippen LogP) is 5.49. The van der Waals surface area contributed by atoms with Crippen LogP contribution in [0, 0.1) is 20.8 Å². The number of aryl methyl sites for hydroxylation is 3. The van der Waals surface area contributed by atoms with Gasteiger partial charge in [0.25, 0.3) is 10.0 Å². The third-order valence-electron chi connectivity index (χ3n) is 4.71. The third-order valence-corrected chi connectivity index (χ3v) is 6.96. The second-order valence-electron chi connectivity index (χ2n) is 7.22. The minimum Gasteiger partial charge on any atom is -0.439 e. The molecule has 0 bridgehead atoms. The Kier molecular flexibility index (Phi) is 6.29. The first-order valence-corrected chi connectivity index (χ1v) is 12.0. The molecule has 0 atom stereocenters. The summed E-state index contributed by atoms with van der Waals surface area (Å²) >= 11 is 12.1. The SMILES string of the molecule is Cc1nc(Oc2ccc(NS(=O)(=O)c3cc(C)c(Cl)cc3Cl)cc2)cc(-n2ccnc2C)n1. The first-order chi connectivity index (χ1) is 15.6. The monoisotopic (exact) mass is 503 g/mol. The van der Waals surface area contributed by atoms with Gasteiger partial charge in [-0.05, 0) is 62.7 Å². The molecule has 0 unspecified atom stereocenters. The lowest BCUT2D eigenvalue weighted by Gasteiger charge is -2.12. The van der Waals surface area contributed by atoms with E-state index in [4.69, 9.17) is 27.9 Å². The number of hydrogen-bond donors (Lipinski definition) is 1. The quantitative estimate of drug-likeness (QED) is 0.373. The van der Waals surface area contributed by atoms with Crippen molar-refractivity contribution in [2.75, 3.05) is 4.72 Å². The number of sulfonamides is 1. The summed E-state index contributed by atoms with van der Waals surface area (Å²) < 4.78 is 35.8. The van der Waals surface area contributed by atoms with Gasteiger partial charge in [-0.1, -0.05) is 23.2 Å². The van der Waals surface area contributed by atoms with Crippen molar-refractivity contribution in [1.29, 1.82) is 0 Å². The molecule has 0 radical (unpaired) electrons. The normalized spacial score (nSPS) is 11.4. The molecule has 11 heteroatoms. The number of ether oxygens (including phenoxy) is 1. The Morgan fingerprint density at radius 3 is 2.36 bits per heavy atom. The Morgan fingerprint density at radius 2 is 1.70 bits per heavy atom. The van der Waals surface area contributed by atoms with Crippen LogP contribution >= 0.6 is 23.2 Å². The minimum absolute atomic E-state index is 0.0427. The van der Waals surface area contributed by atoms with Gasteiger partial charge in [0.1, 0.15) is 28.1 Å². The van der Waals surface area contributed by atoms with Crippen LogP contribution in [0.1, 0.15) is 17.2 Å². The number of halogens is 2. The van der Waals surface area contributed by atoms with Crippen LogP contribution in [0.25, 0.3) is 5.82 Å². The highest BCUT2D eigenvalue weighted by molar-refractivity contribution is 7.92. The van der Waals surface area contributed by atoms with E-state index >= 15 is 0 Å². The maximum atomic E-state index is 12.8. The molecular formula is C22H19Cl2N5O3S. The van der Waals surface area contributed by atoms with Crippen molar-refractivity contribution in [1.82, 2.24) is 19.5 Å². The Morgan fingerprint density at radius 1 is 0.970 bits per heavy atom. The van der Waals surface area contributed by atoms with Crippen LogP contribution in [-0.2, 0) is 10.0 Å². The van der Waals surface area contributed by atoms with E-state index in [-0.39, 0.29) is 9.92 Å². The highest BCUT2D eigenvalue weighted by Gasteiger charge is 2.20. The van der Waals surface area contributed by atoms with Gasteiger partial charge in [-0.2, -0.15) is 4.98 Å². The Balaban J connectivity index is 1.53. The van der Waals surface area contributed by atoms with E-state index in [1.807, 2.05) is 11.5 Å². The summed E-state index contributed by atoms with van der Waals surface area (Å²) in [6, 6.07) is 11.0. The molecule has 8 nitrogen and oxygen atoms in total. The lowest BCUT2D eigenvalue weighted by molar-refractivity contribution is 0.459. The molecule has 1 N–H and O–H groups in total. The first kappa shape index (κ1) is 23.0. The smallest absolute Gasteiger partial charge is 0.263 e. The van der Waals surface area contributed by atoms with Crippen LogP contribution in [0.15, 0.2) is 59.8 Å². The number of imidazole rings is 1. The van der Waals surface area contributed by atoms with Crippen LogP contribution in [0.5, 0.6) is 11.6 Å². The molecular weight excluding hydrogens is 485 g/mol. The summed E-state index contributed by atoms with van der Waals surface area (Å²) in [6.45, 7) is 5.35. The fraction of sp³-hybridized carbons (Fsp3) is 0.136. The summed E-state index contributed by atoms with van der Waals surface area (Å²) in [6.07, 6.45) is 3.49. The van der Waals surface area contributed by atoms with Crippen molar-refractivity contribution in [3.8, 4) is 17.4 Å². The van der Waals surface area contributed by atoms with Gasteiger partial charge in [-0.15, -0.1) is 0 Å². The first-order valence-electron chi connectivity index (χ1n) is 9.75. The molecule has 4 rings (SSSR count). The van der Waals surface area contributed by atoms with Crippen molar-refractivity contribution in [3.05, 3.63) is 82.1 Å². The zero-order valence-electron chi connectivity index (χ0n) is 17.9. The molecule has 0 saturated carbocycles. The maximum Gasteiger partial charge on any atom is 0.263 e. The second-order valence-corrected chi connectivity index (χ2v) is 9.69. The maximum absolute atomic E-state index is 12.8. The van der Waals surface area contributed by atoms with Crippen LogP contribution in [-0.4, -0.2) is 27.9 Å². The fourth-order valence-corrected chi connectivity index (χ4v) is 4.97.